The van der Waals surface area contributed by atoms with E-state index >= 15 is 0 Å². The second kappa shape index (κ2) is 12.1. The molecule has 2 aromatic rings. The zero-order valence-corrected chi connectivity index (χ0v) is 30.8. The summed E-state index contributed by atoms with van der Waals surface area (Å²) in [5.74, 6) is 0.333. The Morgan fingerprint density at radius 1 is 0.705 bits per heavy atom. The van der Waals surface area contributed by atoms with Gasteiger partial charge in [-0.1, -0.05) is 89.2 Å². The summed E-state index contributed by atoms with van der Waals surface area (Å²) in [4.78, 5) is 1.75. The van der Waals surface area contributed by atoms with Crippen molar-refractivity contribution in [2.24, 2.45) is 0 Å². The van der Waals surface area contributed by atoms with Gasteiger partial charge in [0.2, 0.25) is 0 Å². The Balaban J connectivity index is 2.28. The van der Waals surface area contributed by atoms with Gasteiger partial charge in [-0.15, -0.1) is 23.5 Å². The number of aliphatic hydroxyl groups excluding tert-OH is 3. The molecule has 1 aliphatic rings. The summed E-state index contributed by atoms with van der Waals surface area (Å²) in [5, 5.41) is 55.8. The van der Waals surface area contributed by atoms with E-state index in [0.717, 1.165) is 32.0 Å². The Morgan fingerprint density at radius 2 is 1.18 bits per heavy atom. The first-order valence-corrected chi connectivity index (χ1v) is 17.1. The van der Waals surface area contributed by atoms with Gasteiger partial charge >= 0.3 is 0 Å². The quantitative estimate of drug-likeness (QED) is 0.162. The van der Waals surface area contributed by atoms with Crippen LogP contribution in [0.5, 0.6) is 5.75 Å². The highest BCUT2D eigenvalue weighted by atomic mass is 32.2. The summed E-state index contributed by atoms with van der Waals surface area (Å²) >= 11 is 3.22. The fourth-order valence-electron chi connectivity index (χ4n) is 5.70. The molecule has 6 nitrogen and oxygen atoms in total. The van der Waals surface area contributed by atoms with E-state index in [4.69, 9.17) is 4.74 Å². The van der Waals surface area contributed by atoms with Crippen molar-refractivity contribution in [3.05, 3.63) is 52.1 Å². The topological polar surface area (TPSA) is 110 Å². The van der Waals surface area contributed by atoms with Crippen LogP contribution in [0.2, 0.25) is 0 Å². The van der Waals surface area contributed by atoms with Crippen molar-refractivity contribution >= 4 is 23.5 Å². The van der Waals surface area contributed by atoms with Crippen molar-refractivity contribution < 1.29 is 30.3 Å². The summed E-state index contributed by atoms with van der Waals surface area (Å²) in [6.45, 7) is 28.8. The SMILES string of the molecule is CC(C)(Sc1cc(C(C)(C)C)c(O)c(C(C)(C)C)c1)Sc1cc(C(C)(C)C)cc(C(C)(C)C)c1[C@@]1(O)[C@H](O)[C@@H](CO)O[C@@H]1O. The van der Waals surface area contributed by atoms with Crippen LogP contribution < -0.4 is 0 Å². The van der Waals surface area contributed by atoms with E-state index in [2.05, 4.69) is 100 Å². The summed E-state index contributed by atoms with van der Waals surface area (Å²) < 4.78 is 5.01. The van der Waals surface area contributed by atoms with Crippen LogP contribution in [0.15, 0.2) is 34.1 Å². The first kappa shape index (κ1) is 37.2. The molecule has 0 radical (unpaired) electrons. The molecule has 0 aromatic heterocycles. The zero-order valence-electron chi connectivity index (χ0n) is 29.2. The van der Waals surface area contributed by atoms with Gasteiger partial charge in [0.25, 0.3) is 0 Å². The minimum absolute atomic E-state index is 0.217. The number of phenols is 1. The summed E-state index contributed by atoms with van der Waals surface area (Å²) in [6.07, 6.45) is -4.40. The molecule has 1 heterocycles. The molecule has 8 heteroatoms. The number of phenolic OH excluding ortho intramolecular Hbond substituents is 1. The van der Waals surface area contributed by atoms with E-state index in [9.17, 15) is 25.5 Å². The normalized spacial score (nSPS) is 23.8. The molecule has 1 saturated heterocycles. The third-order valence-corrected chi connectivity index (χ3v) is 10.8. The molecule has 4 atom stereocenters. The fourth-order valence-corrected chi connectivity index (χ4v) is 8.44. The molecule has 5 N–H and O–H groups in total. The number of thioether (sulfide) groups is 2. The van der Waals surface area contributed by atoms with E-state index in [1.165, 1.54) is 0 Å². The Kier molecular flexibility index (Phi) is 10.2. The maximum Gasteiger partial charge on any atom is 0.191 e. The second-order valence-electron chi connectivity index (χ2n) is 16.8. The van der Waals surface area contributed by atoms with Crippen molar-refractivity contribution in [2.75, 3.05) is 6.61 Å². The van der Waals surface area contributed by atoms with Crippen LogP contribution in [-0.2, 0) is 32.0 Å². The third kappa shape index (κ3) is 7.48. The maximum atomic E-state index is 12.2. The number of benzene rings is 2. The average Bonchev–Trinajstić information content (AvgIpc) is 3.05. The lowest BCUT2D eigenvalue weighted by Crippen LogP contribution is -2.48. The van der Waals surface area contributed by atoms with Crippen molar-refractivity contribution in [3.8, 4) is 5.75 Å². The molecule has 3 rings (SSSR count). The highest BCUT2D eigenvalue weighted by Crippen LogP contribution is 2.54. The Morgan fingerprint density at radius 3 is 1.57 bits per heavy atom. The molecule has 0 amide bonds. The molecule has 0 unspecified atom stereocenters. The lowest BCUT2D eigenvalue weighted by Gasteiger charge is -2.39. The van der Waals surface area contributed by atoms with Crippen molar-refractivity contribution in [2.45, 2.75) is 157 Å². The van der Waals surface area contributed by atoms with Crippen LogP contribution in [0.3, 0.4) is 0 Å². The van der Waals surface area contributed by atoms with Crippen LogP contribution in [0.4, 0.5) is 0 Å². The number of hydrogen-bond donors (Lipinski definition) is 5. The number of rotatable bonds is 6. The number of ether oxygens (including phenoxy) is 1. The van der Waals surface area contributed by atoms with Crippen LogP contribution in [0.1, 0.15) is 125 Å². The van der Waals surface area contributed by atoms with E-state index in [-0.39, 0.29) is 16.2 Å². The summed E-state index contributed by atoms with van der Waals surface area (Å²) in [7, 11) is 0. The molecule has 0 saturated carbocycles. The molecular weight excluding hydrogens is 593 g/mol. The number of aromatic hydroxyl groups is 1. The standard InChI is InChI=1S/C36H56O6S2/c1-31(2,3)20-15-22(32(4,5)6)27(36(41)29(39)25(19-37)42-30(36)40)26(16-20)44-35(13,14)43-21-17-23(33(7,8)9)28(38)24(18-21)34(10,11)12/h15-18,25,29-30,37-41H,19H2,1-14H3/t25-,29-,30+,36-/m1/s1. The molecule has 0 bridgehead atoms. The van der Waals surface area contributed by atoms with Crippen molar-refractivity contribution in [1.82, 2.24) is 0 Å². The van der Waals surface area contributed by atoms with E-state index in [0.29, 0.717) is 11.3 Å². The average molecular weight is 649 g/mol. The molecule has 2 aromatic carbocycles. The molecular formula is C36H56O6S2. The van der Waals surface area contributed by atoms with Gasteiger partial charge in [0.15, 0.2) is 11.9 Å². The van der Waals surface area contributed by atoms with Gasteiger partial charge in [0.1, 0.15) is 18.0 Å². The first-order valence-electron chi connectivity index (χ1n) is 15.4. The number of hydrogen-bond acceptors (Lipinski definition) is 8. The van der Waals surface area contributed by atoms with Crippen molar-refractivity contribution in [3.63, 3.8) is 0 Å². The van der Waals surface area contributed by atoms with E-state index < -0.39 is 40.2 Å². The Bertz CT molecular complexity index is 1320. The molecule has 44 heavy (non-hydrogen) atoms. The lowest BCUT2D eigenvalue weighted by atomic mass is 9.73. The Labute approximate surface area is 274 Å². The van der Waals surface area contributed by atoms with E-state index in [1.807, 2.05) is 20.8 Å². The van der Waals surface area contributed by atoms with Crippen LogP contribution >= 0.6 is 23.5 Å². The fraction of sp³-hybridized carbons (Fsp3) is 0.667. The van der Waals surface area contributed by atoms with Crippen molar-refractivity contribution in [1.29, 1.82) is 0 Å². The largest absolute Gasteiger partial charge is 0.507 e. The molecule has 1 fully saturated rings. The first-order chi connectivity index (χ1) is 19.6. The van der Waals surface area contributed by atoms with Gasteiger partial charge < -0.3 is 30.3 Å². The van der Waals surface area contributed by atoms with Crippen LogP contribution in [0, 0.1) is 0 Å². The van der Waals surface area contributed by atoms with Gasteiger partial charge in [-0.05, 0) is 64.8 Å². The predicted molar refractivity (Wildman–Crippen MR) is 183 cm³/mol. The minimum atomic E-state index is -2.16. The maximum absolute atomic E-state index is 12.2. The van der Waals surface area contributed by atoms with Gasteiger partial charge in [-0.2, -0.15) is 0 Å². The zero-order chi connectivity index (χ0) is 34.0. The summed E-state index contributed by atoms with van der Waals surface area (Å²) in [6, 6.07) is 8.26. The molecule has 1 aliphatic heterocycles. The summed E-state index contributed by atoms with van der Waals surface area (Å²) in [5.41, 5.74) is 0.677. The van der Waals surface area contributed by atoms with Gasteiger partial charge in [-0.3, -0.25) is 0 Å². The highest BCUT2D eigenvalue weighted by molar-refractivity contribution is 8.18. The van der Waals surface area contributed by atoms with Crippen LogP contribution in [0.25, 0.3) is 0 Å². The van der Waals surface area contributed by atoms with Gasteiger partial charge in [0, 0.05) is 26.5 Å². The minimum Gasteiger partial charge on any atom is -0.507 e. The smallest absolute Gasteiger partial charge is 0.191 e. The van der Waals surface area contributed by atoms with E-state index in [1.54, 1.807) is 23.5 Å². The predicted octanol–water partition coefficient (Wildman–Crippen LogP) is 7.46. The number of aliphatic hydroxyl groups is 4. The molecule has 0 aliphatic carbocycles. The molecule has 248 valence electrons. The van der Waals surface area contributed by atoms with Gasteiger partial charge in [-0.25, -0.2) is 0 Å². The van der Waals surface area contributed by atoms with Gasteiger partial charge in [0.05, 0.1) is 10.7 Å². The Hall–Kier alpha value is -1.26. The molecule has 0 spiro atoms. The second-order valence-corrected chi connectivity index (χ2v) is 20.5. The van der Waals surface area contributed by atoms with Crippen LogP contribution in [-0.4, -0.2) is 54.7 Å². The third-order valence-electron chi connectivity index (χ3n) is 8.26. The lowest BCUT2D eigenvalue weighted by molar-refractivity contribution is -0.183. The highest BCUT2D eigenvalue weighted by Gasteiger charge is 2.58. The monoisotopic (exact) mass is 648 g/mol.